The van der Waals surface area contributed by atoms with Crippen LogP contribution in [0, 0.1) is 17.2 Å². The van der Waals surface area contributed by atoms with Gasteiger partial charge < -0.3 is 15.1 Å². The van der Waals surface area contributed by atoms with Crippen LogP contribution in [0.2, 0.25) is 0 Å². The molecular formula is C19H26F3N4O+. The molecule has 0 aromatic heterocycles. The molecule has 148 valence electrons. The van der Waals surface area contributed by atoms with E-state index in [4.69, 9.17) is 0 Å². The number of quaternary nitrogens is 1. The molecule has 1 heterocycles. The number of nitrogens with one attached hydrogen (secondary N) is 2. The van der Waals surface area contributed by atoms with Crippen molar-refractivity contribution >= 4 is 11.6 Å². The quantitative estimate of drug-likeness (QED) is 0.810. The van der Waals surface area contributed by atoms with Crippen molar-refractivity contribution in [1.29, 1.82) is 5.26 Å². The first-order valence-corrected chi connectivity index (χ1v) is 9.03. The van der Waals surface area contributed by atoms with Crippen LogP contribution in [0.1, 0.15) is 26.3 Å². The summed E-state index contributed by atoms with van der Waals surface area (Å²) in [5.41, 5.74) is -1.01. The molecule has 8 heteroatoms. The maximum absolute atomic E-state index is 12.9. The number of carbonyl (C=O) groups is 1. The zero-order valence-corrected chi connectivity index (χ0v) is 15.9. The summed E-state index contributed by atoms with van der Waals surface area (Å²) >= 11 is 0. The van der Waals surface area contributed by atoms with E-state index in [0.717, 1.165) is 11.0 Å². The first-order chi connectivity index (χ1) is 12.5. The highest BCUT2D eigenvalue weighted by molar-refractivity contribution is 5.78. The van der Waals surface area contributed by atoms with E-state index in [2.05, 4.69) is 11.4 Å². The van der Waals surface area contributed by atoms with Gasteiger partial charge in [-0.05, 0) is 31.0 Å². The van der Waals surface area contributed by atoms with Crippen LogP contribution >= 0.6 is 0 Å². The second-order valence-corrected chi connectivity index (χ2v) is 7.48. The molecule has 1 aromatic carbocycles. The third kappa shape index (κ3) is 5.36. The van der Waals surface area contributed by atoms with E-state index in [1.165, 1.54) is 12.1 Å². The fourth-order valence-electron chi connectivity index (χ4n) is 3.00. The molecule has 1 aromatic rings. The summed E-state index contributed by atoms with van der Waals surface area (Å²) in [4.78, 5) is 15.2. The number of piperazine rings is 1. The number of hydrogen-bond donors (Lipinski definition) is 2. The lowest BCUT2D eigenvalue weighted by Crippen LogP contribution is -3.16. The van der Waals surface area contributed by atoms with Gasteiger partial charge in [0.2, 0.25) is 0 Å². The summed E-state index contributed by atoms with van der Waals surface area (Å²) in [6.45, 7) is 8.15. The summed E-state index contributed by atoms with van der Waals surface area (Å²) in [6.07, 6.45) is -4.36. The first kappa shape index (κ1) is 21.0. The number of benzene rings is 1. The van der Waals surface area contributed by atoms with Crippen molar-refractivity contribution in [1.82, 2.24) is 5.32 Å². The molecule has 5 nitrogen and oxygen atoms in total. The van der Waals surface area contributed by atoms with Gasteiger partial charge in [0.25, 0.3) is 5.91 Å². The Labute approximate surface area is 157 Å². The lowest BCUT2D eigenvalue weighted by atomic mass is 9.90. The normalized spacial score (nSPS) is 18.1. The van der Waals surface area contributed by atoms with E-state index < -0.39 is 17.3 Å². The number of rotatable bonds is 5. The summed E-state index contributed by atoms with van der Waals surface area (Å²) in [7, 11) is 0. The minimum Gasteiger partial charge on any atom is -0.360 e. The predicted octanol–water partition coefficient (Wildman–Crippen LogP) is 1.46. The molecule has 1 atom stereocenters. The van der Waals surface area contributed by atoms with Crippen LogP contribution in [0.4, 0.5) is 18.9 Å². The van der Waals surface area contributed by atoms with Gasteiger partial charge >= 0.3 is 6.18 Å². The fourth-order valence-corrected chi connectivity index (χ4v) is 3.00. The maximum atomic E-state index is 12.9. The Morgan fingerprint density at radius 1 is 1.33 bits per heavy atom. The van der Waals surface area contributed by atoms with Crippen LogP contribution < -0.4 is 15.1 Å². The third-order valence-electron chi connectivity index (χ3n) is 5.21. The minimum atomic E-state index is -4.36. The van der Waals surface area contributed by atoms with Crippen LogP contribution in [-0.2, 0) is 11.0 Å². The number of nitriles is 1. The molecule has 0 spiro atoms. The number of carbonyl (C=O) groups excluding carboxylic acids is 1. The number of hydrogen-bond acceptors (Lipinski definition) is 3. The van der Waals surface area contributed by atoms with E-state index in [0.29, 0.717) is 31.9 Å². The van der Waals surface area contributed by atoms with Gasteiger partial charge in [-0.1, -0.05) is 19.9 Å². The second-order valence-electron chi connectivity index (χ2n) is 7.48. The van der Waals surface area contributed by atoms with Crippen molar-refractivity contribution < 1.29 is 22.9 Å². The molecule has 2 N–H and O–H groups in total. The molecule has 0 unspecified atom stereocenters. The highest BCUT2D eigenvalue weighted by Gasteiger charge is 2.33. The molecular weight excluding hydrogens is 357 g/mol. The van der Waals surface area contributed by atoms with Gasteiger partial charge in [-0.3, -0.25) is 4.79 Å². The summed E-state index contributed by atoms with van der Waals surface area (Å²) in [6, 6.07) is 7.47. The van der Waals surface area contributed by atoms with Crippen molar-refractivity contribution in [3.05, 3.63) is 29.8 Å². The largest absolute Gasteiger partial charge is 0.416 e. The number of amides is 1. The highest BCUT2D eigenvalue weighted by Crippen LogP contribution is 2.31. The number of anilines is 1. The van der Waals surface area contributed by atoms with E-state index in [1.807, 2.05) is 18.7 Å². The number of nitrogens with zero attached hydrogens (tertiary/aromatic N) is 2. The lowest BCUT2D eigenvalue weighted by Gasteiger charge is -2.34. The van der Waals surface area contributed by atoms with Crippen LogP contribution in [0.5, 0.6) is 0 Å². The average molecular weight is 383 g/mol. The summed E-state index contributed by atoms with van der Waals surface area (Å²) < 4.78 is 38.6. The number of alkyl halides is 3. The van der Waals surface area contributed by atoms with Crippen molar-refractivity contribution in [2.45, 2.75) is 32.5 Å². The standard InChI is InChI=1S/C19H25F3N4O/c1-14(2)18(3,13-23)24-17(27)12-25-7-9-26(10-8-25)16-6-4-5-15(11-16)19(20,21)22/h4-6,11,14H,7-10,12H2,1-3H3,(H,24,27)/p+1/t18-/m0/s1. The van der Waals surface area contributed by atoms with E-state index in [1.54, 1.807) is 13.0 Å². The highest BCUT2D eigenvalue weighted by atomic mass is 19.4. The van der Waals surface area contributed by atoms with Gasteiger partial charge in [-0.15, -0.1) is 0 Å². The van der Waals surface area contributed by atoms with Crippen molar-refractivity contribution in [2.75, 3.05) is 37.6 Å². The zero-order valence-electron chi connectivity index (χ0n) is 15.9. The fraction of sp³-hybridized carbons (Fsp3) is 0.579. The lowest BCUT2D eigenvalue weighted by molar-refractivity contribution is -0.892. The van der Waals surface area contributed by atoms with Gasteiger partial charge in [0.05, 0.1) is 37.8 Å². The van der Waals surface area contributed by atoms with Gasteiger partial charge in [0.15, 0.2) is 6.54 Å². The Morgan fingerprint density at radius 2 is 1.96 bits per heavy atom. The summed E-state index contributed by atoms with van der Waals surface area (Å²) in [5.74, 6) is -0.200. The van der Waals surface area contributed by atoms with Crippen molar-refractivity contribution in [2.24, 2.45) is 5.92 Å². The minimum absolute atomic E-state index is 0.0146. The SMILES string of the molecule is CC(C)[C@](C)(C#N)NC(=O)C[NH+]1CCN(c2cccc(C(F)(F)F)c2)CC1. The molecule has 0 saturated carbocycles. The van der Waals surface area contributed by atoms with Crippen LogP contribution in [0.25, 0.3) is 0 Å². The van der Waals surface area contributed by atoms with Crippen LogP contribution in [0.3, 0.4) is 0 Å². The van der Waals surface area contributed by atoms with E-state index in [9.17, 15) is 23.2 Å². The molecule has 1 aliphatic heterocycles. The molecule has 2 rings (SSSR count). The van der Waals surface area contributed by atoms with Gasteiger partial charge in [-0.25, -0.2) is 0 Å². The molecule has 0 bridgehead atoms. The van der Waals surface area contributed by atoms with Gasteiger partial charge in [-0.2, -0.15) is 18.4 Å². The van der Waals surface area contributed by atoms with Crippen LogP contribution in [0.15, 0.2) is 24.3 Å². The predicted molar refractivity (Wildman–Crippen MR) is 96.2 cm³/mol. The Bertz CT molecular complexity index is 706. The molecule has 0 aliphatic carbocycles. The van der Waals surface area contributed by atoms with Gasteiger partial charge in [0.1, 0.15) is 5.54 Å². The Kier molecular flexibility index (Phi) is 6.37. The maximum Gasteiger partial charge on any atom is 0.416 e. The Morgan fingerprint density at radius 3 is 2.48 bits per heavy atom. The van der Waals surface area contributed by atoms with E-state index >= 15 is 0 Å². The Balaban J connectivity index is 1.91. The molecule has 1 saturated heterocycles. The Hall–Kier alpha value is -2.27. The van der Waals surface area contributed by atoms with Crippen LogP contribution in [-0.4, -0.2) is 44.2 Å². The topological polar surface area (TPSA) is 60.6 Å². The zero-order chi connectivity index (χ0) is 20.2. The van der Waals surface area contributed by atoms with E-state index in [-0.39, 0.29) is 18.4 Å². The van der Waals surface area contributed by atoms with Gasteiger partial charge in [0, 0.05) is 5.69 Å². The molecule has 1 amide bonds. The monoisotopic (exact) mass is 383 g/mol. The number of halogens is 3. The molecule has 1 aliphatic rings. The first-order valence-electron chi connectivity index (χ1n) is 9.03. The van der Waals surface area contributed by atoms with Crippen molar-refractivity contribution in [3.63, 3.8) is 0 Å². The molecule has 0 radical (unpaired) electrons. The molecule has 27 heavy (non-hydrogen) atoms. The van der Waals surface area contributed by atoms with Crippen molar-refractivity contribution in [3.8, 4) is 6.07 Å². The second kappa shape index (κ2) is 8.17. The third-order valence-corrected chi connectivity index (χ3v) is 5.21. The summed E-state index contributed by atoms with van der Waals surface area (Å²) in [5, 5.41) is 12.1. The average Bonchev–Trinajstić information content (AvgIpc) is 2.61. The molecule has 1 fully saturated rings. The smallest absolute Gasteiger partial charge is 0.360 e.